The van der Waals surface area contributed by atoms with Crippen LogP contribution in [0.25, 0.3) is 11.0 Å². The second-order valence-corrected chi connectivity index (χ2v) is 6.29. The van der Waals surface area contributed by atoms with Gasteiger partial charge in [0.05, 0.1) is 17.3 Å². The standard InChI is InChI=1S/C15H15N3O4S/c1-10-7-14(19)22-13-8-11(3-4-12(10)13)21-6-5-18-9-16-17-15(18)23(2)20/h3-4,7-9H,5-6H2,1-2H3/t23-/m1/s1. The van der Waals surface area contributed by atoms with E-state index in [9.17, 15) is 9.00 Å². The van der Waals surface area contributed by atoms with Crippen LogP contribution in [-0.4, -0.2) is 31.8 Å². The number of nitrogens with zero attached hydrogens (tertiary/aromatic N) is 3. The molecule has 0 N–H and O–H groups in total. The lowest BCUT2D eigenvalue weighted by Crippen LogP contribution is -2.11. The molecule has 0 amide bonds. The fourth-order valence-corrected chi connectivity index (χ4v) is 2.91. The Morgan fingerprint density at radius 2 is 2.17 bits per heavy atom. The predicted octanol–water partition coefficient (Wildman–Crippen LogP) is 1.51. The van der Waals surface area contributed by atoms with E-state index in [1.165, 1.54) is 12.4 Å². The number of benzene rings is 1. The molecule has 1 aromatic carbocycles. The summed E-state index contributed by atoms with van der Waals surface area (Å²) in [7, 11) is -1.20. The van der Waals surface area contributed by atoms with E-state index < -0.39 is 10.8 Å². The van der Waals surface area contributed by atoms with Crippen LogP contribution in [0.4, 0.5) is 0 Å². The third-order valence-electron chi connectivity index (χ3n) is 3.36. The van der Waals surface area contributed by atoms with Crippen molar-refractivity contribution in [3.05, 3.63) is 46.6 Å². The molecule has 0 fully saturated rings. The molecule has 2 aromatic heterocycles. The van der Waals surface area contributed by atoms with E-state index in [1.807, 2.05) is 19.1 Å². The minimum Gasteiger partial charge on any atom is -0.492 e. The molecular weight excluding hydrogens is 318 g/mol. The molecule has 8 heteroatoms. The SMILES string of the molecule is Cc1cc(=O)oc2cc(OCCn3cnnc3[S@@](C)=O)ccc12. The Kier molecular flexibility index (Phi) is 4.24. The molecule has 3 aromatic rings. The third-order valence-corrected chi connectivity index (χ3v) is 4.19. The maximum absolute atomic E-state index is 11.5. The highest BCUT2D eigenvalue weighted by molar-refractivity contribution is 7.84. The van der Waals surface area contributed by atoms with Gasteiger partial charge in [-0.25, -0.2) is 4.79 Å². The number of ether oxygens (including phenoxy) is 1. The molecule has 1 atom stereocenters. The van der Waals surface area contributed by atoms with E-state index in [1.54, 1.807) is 16.9 Å². The minimum atomic E-state index is -1.20. The lowest BCUT2D eigenvalue weighted by Gasteiger charge is -2.08. The molecule has 120 valence electrons. The maximum atomic E-state index is 11.5. The molecule has 0 bridgehead atoms. The molecule has 3 rings (SSSR count). The van der Waals surface area contributed by atoms with Crippen LogP contribution < -0.4 is 10.4 Å². The van der Waals surface area contributed by atoms with Crippen LogP contribution in [0.15, 0.2) is 45.0 Å². The fraction of sp³-hybridized carbons (Fsp3) is 0.267. The number of fused-ring (bicyclic) bond motifs is 1. The number of rotatable bonds is 5. The van der Waals surface area contributed by atoms with Crippen molar-refractivity contribution in [2.45, 2.75) is 18.6 Å². The third kappa shape index (κ3) is 3.31. The number of hydrogen-bond acceptors (Lipinski definition) is 6. The van der Waals surface area contributed by atoms with Crippen molar-refractivity contribution in [2.75, 3.05) is 12.9 Å². The molecule has 0 radical (unpaired) electrons. The van der Waals surface area contributed by atoms with Crippen molar-refractivity contribution >= 4 is 21.8 Å². The number of aromatic nitrogens is 3. The zero-order valence-corrected chi connectivity index (χ0v) is 13.5. The highest BCUT2D eigenvalue weighted by atomic mass is 32.2. The van der Waals surface area contributed by atoms with Crippen molar-refractivity contribution < 1.29 is 13.4 Å². The first kappa shape index (κ1) is 15.4. The van der Waals surface area contributed by atoms with Crippen LogP contribution >= 0.6 is 0 Å². The first-order valence-corrected chi connectivity index (χ1v) is 8.49. The molecule has 0 spiro atoms. The van der Waals surface area contributed by atoms with Crippen LogP contribution in [0, 0.1) is 6.92 Å². The molecule has 0 saturated heterocycles. The summed E-state index contributed by atoms with van der Waals surface area (Å²) in [4.78, 5) is 11.4. The Morgan fingerprint density at radius 1 is 1.35 bits per heavy atom. The van der Waals surface area contributed by atoms with E-state index in [2.05, 4.69) is 10.2 Å². The zero-order valence-electron chi connectivity index (χ0n) is 12.7. The summed E-state index contributed by atoms with van der Waals surface area (Å²) in [5.41, 5.74) is 0.973. The van der Waals surface area contributed by atoms with Gasteiger partial charge >= 0.3 is 5.63 Å². The van der Waals surface area contributed by atoms with Gasteiger partial charge in [0.15, 0.2) is 0 Å². The predicted molar refractivity (Wildman–Crippen MR) is 85.1 cm³/mol. The summed E-state index contributed by atoms with van der Waals surface area (Å²) in [6.45, 7) is 2.68. The summed E-state index contributed by atoms with van der Waals surface area (Å²) in [5.74, 6) is 0.596. The molecule has 7 nitrogen and oxygen atoms in total. The van der Waals surface area contributed by atoms with Gasteiger partial charge in [0.2, 0.25) is 5.16 Å². The Labute approximate surface area is 134 Å². The minimum absolute atomic E-state index is 0.351. The monoisotopic (exact) mass is 333 g/mol. The first-order chi connectivity index (χ1) is 11.0. The maximum Gasteiger partial charge on any atom is 0.336 e. The van der Waals surface area contributed by atoms with Gasteiger partial charge in [0, 0.05) is 23.8 Å². The molecule has 23 heavy (non-hydrogen) atoms. The quantitative estimate of drug-likeness (QED) is 0.658. The summed E-state index contributed by atoms with van der Waals surface area (Å²) in [6, 6.07) is 6.82. The van der Waals surface area contributed by atoms with Gasteiger partial charge in [0.25, 0.3) is 0 Å². The van der Waals surface area contributed by atoms with Gasteiger partial charge < -0.3 is 13.7 Å². The zero-order chi connectivity index (χ0) is 16.4. The molecule has 2 heterocycles. The lowest BCUT2D eigenvalue weighted by molar-refractivity contribution is 0.293. The highest BCUT2D eigenvalue weighted by Gasteiger charge is 2.08. The van der Waals surface area contributed by atoms with Crippen LogP contribution in [0.3, 0.4) is 0 Å². The van der Waals surface area contributed by atoms with Crippen molar-refractivity contribution in [1.29, 1.82) is 0 Å². The average Bonchev–Trinajstić information content (AvgIpc) is 2.95. The lowest BCUT2D eigenvalue weighted by atomic mass is 10.1. The molecule has 0 unspecified atom stereocenters. The highest BCUT2D eigenvalue weighted by Crippen LogP contribution is 2.22. The molecule has 0 aliphatic rings. The van der Waals surface area contributed by atoms with Crippen LogP contribution in [-0.2, 0) is 17.3 Å². The number of aryl methyl sites for hydroxylation is 1. The Balaban J connectivity index is 1.73. The summed E-state index contributed by atoms with van der Waals surface area (Å²) in [5, 5.41) is 8.84. The van der Waals surface area contributed by atoms with Crippen LogP contribution in [0.5, 0.6) is 5.75 Å². The van der Waals surface area contributed by atoms with E-state index in [4.69, 9.17) is 9.15 Å². The number of hydrogen-bond donors (Lipinski definition) is 0. The van der Waals surface area contributed by atoms with E-state index in [0.29, 0.717) is 29.6 Å². The van der Waals surface area contributed by atoms with E-state index in [0.717, 1.165) is 10.9 Å². The fourth-order valence-electron chi connectivity index (χ4n) is 2.28. The van der Waals surface area contributed by atoms with Gasteiger partial charge in [-0.1, -0.05) is 0 Å². The molecule has 0 aliphatic carbocycles. The van der Waals surface area contributed by atoms with E-state index >= 15 is 0 Å². The van der Waals surface area contributed by atoms with E-state index in [-0.39, 0.29) is 5.63 Å². The first-order valence-electron chi connectivity index (χ1n) is 6.93. The van der Waals surface area contributed by atoms with Crippen molar-refractivity contribution in [2.24, 2.45) is 0 Å². The van der Waals surface area contributed by atoms with Crippen LogP contribution in [0.2, 0.25) is 0 Å². The Morgan fingerprint density at radius 3 is 2.96 bits per heavy atom. The summed E-state index contributed by atoms with van der Waals surface area (Å²) >= 11 is 0. The normalized spacial score (nSPS) is 12.4. The smallest absolute Gasteiger partial charge is 0.336 e. The van der Waals surface area contributed by atoms with Crippen molar-refractivity contribution in [1.82, 2.24) is 14.8 Å². The van der Waals surface area contributed by atoms with Gasteiger partial charge in [-0.05, 0) is 24.6 Å². The second-order valence-electron chi connectivity index (χ2n) is 5.02. The van der Waals surface area contributed by atoms with Crippen molar-refractivity contribution in [3.63, 3.8) is 0 Å². The topological polar surface area (TPSA) is 87.2 Å². The summed E-state index contributed by atoms with van der Waals surface area (Å²) < 4.78 is 24.0. The second kappa shape index (κ2) is 6.33. The summed E-state index contributed by atoms with van der Waals surface area (Å²) in [6.07, 6.45) is 3.07. The molecule has 0 saturated carbocycles. The molecular formula is C15H15N3O4S. The van der Waals surface area contributed by atoms with Gasteiger partial charge in [0.1, 0.15) is 24.3 Å². The van der Waals surface area contributed by atoms with Gasteiger partial charge in [-0.15, -0.1) is 10.2 Å². The average molecular weight is 333 g/mol. The Bertz CT molecular complexity index is 932. The Hall–Kier alpha value is -2.48. The largest absolute Gasteiger partial charge is 0.492 e. The van der Waals surface area contributed by atoms with Gasteiger partial charge in [-0.2, -0.15) is 0 Å². The molecule has 0 aliphatic heterocycles. The van der Waals surface area contributed by atoms with Crippen LogP contribution in [0.1, 0.15) is 5.56 Å². The van der Waals surface area contributed by atoms with Crippen molar-refractivity contribution in [3.8, 4) is 5.75 Å². The van der Waals surface area contributed by atoms with Gasteiger partial charge in [-0.3, -0.25) is 4.21 Å².